The number of anilines is 1. The van der Waals surface area contributed by atoms with Gasteiger partial charge in [-0.2, -0.15) is 5.10 Å². The molecule has 2 N–H and O–H groups in total. The average molecular weight is 269 g/mol. The Kier molecular flexibility index (Phi) is 2.89. The smallest absolute Gasteiger partial charge is 0.208 e. The maximum atomic E-state index is 12.2. The van der Waals surface area contributed by atoms with Crippen LogP contribution in [0.3, 0.4) is 0 Å². The fourth-order valence-electron chi connectivity index (χ4n) is 1.85. The minimum atomic E-state index is -0.0883. The number of carbonyl (C=O) groups is 1. The fraction of sp³-hybridized carbons (Fsp3) is 0. The molecule has 0 radical (unpaired) electrons. The Labute approximate surface area is 114 Å². The number of aromatic nitrogens is 2. The molecule has 0 aliphatic rings. The van der Waals surface area contributed by atoms with Gasteiger partial charge in [0.25, 0.3) is 0 Å². The number of nitrogens with zero attached hydrogens (tertiary/aromatic N) is 2. The Hall–Kier alpha value is -2.40. The third-order valence-corrected chi connectivity index (χ3v) is 3.67. The van der Waals surface area contributed by atoms with Crippen LogP contribution in [0.2, 0.25) is 0 Å². The standard InChI is InChI=1S/C14H11N3OS/c15-14-11(13(18)12-7-4-8-19-12)9-16-17(14)10-5-2-1-3-6-10/h1-9H,15H2. The van der Waals surface area contributed by atoms with Gasteiger partial charge in [0, 0.05) is 0 Å². The molecule has 0 saturated carbocycles. The number of para-hydroxylation sites is 1. The van der Waals surface area contributed by atoms with Crippen molar-refractivity contribution in [2.75, 3.05) is 5.73 Å². The van der Waals surface area contributed by atoms with E-state index < -0.39 is 0 Å². The van der Waals surface area contributed by atoms with Gasteiger partial charge >= 0.3 is 0 Å². The summed E-state index contributed by atoms with van der Waals surface area (Å²) in [4.78, 5) is 12.9. The molecule has 0 aliphatic heterocycles. The first-order chi connectivity index (χ1) is 9.27. The Bertz CT molecular complexity index is 702. The largest absolute Gasteiger partial charge is 0.383 e. The van der Waals surface area contributed by atoms with Gasteiger partial charge in [-0.15, -0.1) is 11.3 Å². The van der Waals surface area contributed by atoms with Crippen LogP contribution in [0.15, 0.2) is 54.0 Å². The first kappa shape index (κ1) is 11.7. The van der Waals surface area contributed by atoms with Crippen molar-refractivity contribution in [3.8, 4) is 5.69 Å². The summed E-state index contributed by atoms with van der Waals surface area (Å²) >= 11 is 1.40. The molecule has 0 spiro atoms. The lowest BCUT2D eigenvalue weighted by atomic mass is 10.2. The topological polar surface area (TPSA) is 60.9 Å². The molecular formula is C14H11N3OS. The normalized spacial score (nSPS) is 10.5. The molecule has 0 unspecified atom stereocenters. The van der Waals surface area contributed by atoms with Gasteiger partial charge in [0.15, 0.2) is 0 Å². The van der Waals surface area contributed by atoms with Gasteiger partial charge < -0.3 is 5.73 Å². The van der Waals surface area contributed by atoms with E-state index >= 15 is 0 Å². The van der Waals surface area contributed by atoms with E-state index in [0.29, 0.717) is 16.3 Å². The van der Waals surface area contributed by atoms with E-state index in [1.807, 2.05) is 41.8 Å². The van der Waals surface area contributed by atoms with Gasteiger partial charge in [-0.25, -0.2) is 4.68 Å². The lowest BCUT2D eigenvalue weighted by Gasteiger charge is -2.04. The van der Waals surface area contributed by atoms with Crippen molar-refractivity contribution in [1.29, 1.82) is 0 Å². The Morgan fingerprint density at radius 3 is 2.63 bits per heavy atom. The van der Waals surface area contributed by atoms with E-state index in [4.69, 9.17) is 5.73 Å². The van der Waals surface area contributed by atoms with Crippen molar-refractivity contribution in [3.05, 3.63) is 64.5 Å². The zero-order valence-corrected chi connectivity index (χ0v) is 10.8. The number of nitrogen functional groups attached to an aromatic ring is 1. The lowest BCUT2D eigenvalue weighted by molar-refractivity contribution is 0.104. The molecule has 0 saturated heterocycles. The number of hydrogen-bond acceptors (Lipinski definition) is 4. The predicted molar refractivity (Wildman–Crippen MR) is 75.7 cm³/mol. The van der Waals surface area contributed by atoms with Crippen LogP contribution in [0.5, 0.6) is 0 Å². The van der Waals surface area contributed by atoms with Crippen LogP contribution >= 0.6 is 11.3 Å². The van der Waals surface area contributed by atoms with Gasteiger partial charge in [-0.1, -0.05) is 24.3 Å². The Balaban J connectivity index is 2.02. The van der Waals surface area contributed by atoms with Crippen LogP contribution in [0.1, 0.15) is 15.2 Å². The van der Waals surface area contributed by atoms with Crippen molar-refractivity contribution < 1.29 is 4.79 Å². The highest BCUT2D eigenvalue weighted by atomic mass is 32.1. The van der Waals surface area contributed by atoms with Gasteiger partial charge in [-0.05, 0) is 23.6 Å². The summed E-state index contributed by atoms with van der Waals surface area (Å²) in [5.41, 5.74) is 7.30. The molecule has 3 aromatic rings. The monoisotopic (exact) mass is 269 g/mol. The van der Waals surface area contributed by atoms with Crippen LogP contribution in [0.4, 0.5) is 5.82 Å². The SMILES string of the molecule is Nc1c(C(=O)c2cccs2)cnn1-c1ccccc1. The van der Waals surface area contributed by atoms with E-state index in [-0.39, 0.29) is 5.78 Å². The molecule has 0 atom stereocenters. The second-order valence-corrected chi connectivity index (χ2v) is 4.94. The molecule has 0 bridgehead atoms. The van der Waals surface area contributed by atoms with Crippen LogP contribution in [-0.2, 0) is 0 Å². The number of rotatable bonds is 3. The van der Waals surface area contributed by atoms with Crippen molar-refractivity contribution in [2.24, 2.45) is 0 Å². The third-order valence-electron chi connectivity index (χ3n) is 2.80. The van der Waals surface area contributed by atoms with Gasteiger partial charge in [0.05, 0.1) is 22.3 Å². The van der Waals surface area contributed by atoms with E-state index in [9.17, 15) is 4.79 Å². The minimum Gasteiger partial charge on any atom is -0.383 e. The zero-order valence-electron chi connectivity index (χ0n) is 9.98. The second-order valence-electron chi connectivity index (χ2n) is 4.00. The first-order valence-corrected chi connectivity index (χ1v) is 6.62. The summed E-state index contributed by atoms with van der Waals surface area (Å²) in [5.74, 6) is 0.277. The van der Waals surface area contributed by atoms with Gasteiger partial charge in [0.2, 0.25) is 5.78 Å². The minimum absolute atomic E-state index is 0.0883. The highest BCUT2D eigenvalue weighted by molar-refractivity contribution is 7.12. The van der Waals surface area contributed by atoms with Crippen molar-refractivity contribution in [2.45, 2.75) is 0 Å². The van der Waals surface area contributed by atoms with Crippen molar-refractivity contribution in [3.63, 3.8) is 0 Å². The summed E-state index contributed by atoms with van der Waals surface area (Å²) in [6.45, 7) is 0. The summed E-state index contributed by atoms with van der Waals surface area (Å²) < 4.78 is 1.57. The van der Waals surface area contributed by atoms with Crippen LogP contribution in [0.25, 0.3) is 5.69 Å². The molecular weight excluding hydrogens is 258 g/mol. The molecule has 4 nitrogen and oxygen atoms in total. The maximum absolute atomic E-state index is 12.2. The molecule has 5 heteroatoms. The van der Waals surface area contributed by atoms with E-state index in [1.165, 1.54) is 17.5 Å². The maximum Gasteiger partial charge on any atom is 0.208 e. The zero-order chi connectivity index (χ0) is 13.2. The van der Waals surface area contributed by atoms with E-state index in [2.05, 4.69) is 5.10 Å². The molecule has 0 amide bonds. The highest BCUT2D eigenvalue weighted by Gasteiger charge is 2.18. The summed E-state index contributed by atoms with van der Waals surface area (Å²) in [5, 5.41) is 6.06. The second kappa shape index (κ2) is 4.70. The van der Waals surface area contributed by atoms with Crippen LogP contribution in [0, 0.1) is 0 Å². The van der Waals surface area contributed by atoms with Crippen LogP contribution in [-0.4, -0.2) is 15.6 Å². The molecule has 0 aliphatic carbocycles. The van der Waals surface area contributed by atoms with E-state index in [0.717, 1.165) is 5.69 Å². The van der Waals surface area contributed by atoms with Crippen molar-refractivity contribution >= 4 is 22.9 Å². The highest BCUT2D eigenvalue weighted by Crippen LogP contribution is 2.21. The third kappa shape index (κ3) is 2.04. The molecule has 2 heterocycles. The number of carbonyl (C=O) groups excluding carboxylic acids is 1. The summed E-state index contributed by atoms with van der Waals surface area (Å²) in [6.07, 6.45) is 1.52. The average Bonchev–Trinajstić information content (AvgIpc) is 3.08. The Morgan fingerprint density at radius 1 is 1.16 bits per heavy atom. The number of hydrogen-bond donors (Lipinski definition) is 1. The number of nitrogens with two attached hydrogens (primary N) is 1. The molecule has 3 rings (SSSR count). The molecule has 2 aromatic heterocycles. The van der Waals surface area contributed by atoms with E-state index in [1.54, 1.807) is 10.7 Å². The van der Waals surface area contributed by atoms with Gasteiger partial charge in [-0.3, -0.25) is 4.79 Å². The lowest BCUT2D eigenvalue weighted by Crippen LogP contribution is -2.06. The molecule has 1 aromatic carbocycles. The molecule has 19 heavy (non-hydrogen) atoms. The number of thiophene rings is 1. The first-order valence-electron chi connectivity index (χ1n) is 5.74. The molecule has 94 valence electrons. The van der Waals surface area contributed by atoms with Crippen LogP contribution < -0.4 is 5.73 Å². The quantitative estimate of drug-likeness (QED) is 0.744. The van der Waals surface area contributed by atoms with Crippen molar-refractivity contribution in [1.82, 2.24) is 9.78 Å². The Morgan fingerprint density at radius 2 is 1.95 bits per heavy atom. The fourth-order valence-corrected chi connectivity index (χ4v) is 2.53. The molecule has 0 fully saturated rings. The number of ketones is 1. The summed E-state index contributed by atoms with van der Waals surface area (Å²) in [6, 6.07) is 13.1. The predicted octanol–water partition coefficient (Wildman–Crippen LogP) is 2.75. The van der Waals surface area contributed by atoms with Gasteiger partial charge in [0.1, 0.15) is 5.82 Å². The summed E-state index contributed by atoms with van der Waals surface area (Å²) in [7, 11) is 0. The number of benzene rings is 1.